The number of piperidine rings is 1. The van der Waals surface area contributed by atoms with E-state index in [1.807, 2.05) is 25.1 Å². The van der Waals surface area contributed by atoms with Crippen molar-refractivity contribution in [2.75, 3.05) is 24.5 Å². The number of carbonyl (C=O) groups excluding carboxylic acids is 1. The van der Waals surface area contributed by atoms with Gasteiger partial charge in [0, 0.05) is 11.6 Å². The van der Waals surface area contributed by atoms with Gasteiger partial charge in [0.1, 0.15) is 9.57 Å². The summed E-state index contributed by atoms with van der Waals surface area (Å²) in [5.41, 5.74) is 1.78. The second-order valence-corrected chi connectivity index (χ2v) is 8.08. The number of likely N-dealkylation sites (tertiary alicyclic amines) is 1. The summed E-state index contributed by atoms with van der Waals surface area (Å²) in [7, 11) is 0. The average Bonchev–Trinajstić information content (AvgIpc) is 2.78. The van der Waals surface area contributed by atoms with Gasteiger partial charge in [0.25, 0.3) is 0 Å². The Kier molecular flexibility index (Phi) is 5.07. The molecule has 3 rings (SSSR count). The average molecular weight is 355 g/mol. The summed E-state index contributed by atoms with van der Waals surface area (Å²) in [6.45, 7) is 4.92. The minimum absolute atomic E-state index is 0.0838. The molecule has 0 radical (unpaired) electrons. The van der Waals surface area contributed by atoms with Crippen LogP contribution >= 0.6 is 35.6 Å². The lowest BCUT2D eigenvalue weighted by molar-refractivity contribution is -0.117. The molecule has 0 aliphatic carbocycles. The van der Waals surface area contributed by atoms with Gasteiger partial charge in [-0.2, -0.15) is 0 Å². The van der Waals surface area contributed by atoms with Crippen LogP contribution in [0.5, 0.6) is 0 Å². The van der Waals surface area contributed by atoms with Crippen molar-refractivity contribution in [3.8, 4) is 0 Å². The van der Waals surface area contributed by atoms with Crippen LogP contribution in [0.2, 0.25) is 5.02 Å². The number of rotatable bonds is 3. The van der Waals surface area contributed by atoms with Gasteiger partial charge in [0.15, 0.2) is 0 Å². The summed E-state index contributed by atoms with van der Waals surface area (Å²) < 4.78 is 0.631. The Morgan fingerprint density at radius 1 is 1.32 bits per heavy atom. The second-order valence-electron chi connectivity index (χ2n) is 5.84. The number of hydrogen-bond donors (Lipinski definition) is 0. The van der Waals surface area contributed by atoms with Crippen LogP contribution in [-0.4, -0.2) is 40.0 Å². The van der Waals surface area contributed by atoms with Crippen molar-refractivity contribution >= 4 is 51.5 Å². The Balaban J connectivity index is 1.74. The van der Waals surface area contributed by atoms with Crippen molar-refractivity contribution in [2.45, 2.75) is 31.4 Å². The van der Waals surface area contributed by atoms with Crippen LogP contribution < -0.4 is 4.90 Å². The first-order valence-electron chi connectivity index (χ1n) is 7.59. The van der Waals surface area contributed by atoms with Crippen molar-refractivity contribution in [3.63, 3.8) is 0 Å². The summed E-state index contributed by atoms with van der Waals surface area (Å²) >= 11 is 13.1. The number of halogens is 1. The first kappa shape index (κ1) is 16.2. The second kappa shape index (κ2) is 6.87. The van der Waals surface area contributed by atoms with Crippen LogP contribution in [0, 0.1) is 6.92 Å². The highest BCUT2D eigenvalue weighted by atomic mass is 35.5. The third kappa shape index (κ3) is 3.32. The topological polar surface area (TPSA) is 23.6 Å². The first-order valence-corrected chi connectivity index (χ1v) is 9.26. The molecule has 2 aliphatic heterocycles. The first-order chi connectivity index (χ1) is 10.6. The van der Waals surface area contributed by atoms with E-state index < -0.39 is 0 Å². The molecule has 2 heterocycles. The lowest BCUT2D eigenvalue weighted by Crippen LogP contribution is -2.40. The van der Waals surface area contributed by atoms with E-state index in [1.165, 1.54) is 31.0 Å². The molecule has 2 aliphatic rings. The molecule has 0 saturated carbocycles. The van der Waals surface area contributed by atoms with E-state index in [-0.39, 0.29) is 11.2 Å². The maximum Gasteiger partial charge on any atom is 0.247 e. The number of anilines is 1. The lowest BCUT2D eigenvalue weighted by Gasteiger charge is -2.27. The highest BCUT2D eigenvalue weighted by Gasteiger charge is 2.38. The fourth-order valence-electron chi connectivity index (χ4n) is 2.90. The molecule has 0 bridgehead atoms. The zero-order valence-corrected chi connectivity index (χ0v) is 14.9. The van der Waals surface area contributed by atoms with E-state index in [2.05, 4.69) is 4.90 Å². The highest BCUT2D eigenvalue weighted by Crippen LogP contribution is 2.34. The fraction of sp³-hybridized carbons (Fsp3) is 0.500. The molecular weight excluding hydrogens is 336 g/mol. The summed E-state index contributed by atoms with van der Waals surface area (Å²) in [6, 6.07) is 5.66. The molecule has 6 heteroatoms. The highest BCUT2D eigenvalue weighted by molar-refractivity contribution is 8.25. The van der Waals surface area contributed by atoms with Crippen LogP contribution in [0.15, 0.2) is 18.2 Å². The van der Waals surface area contributed by atoms with Gasteiger partial charge in [0.05, 0.1) is 5.69 Å². The molecule has 1 aromatic rings. The van der Waals surface area contributed by atoms with Crippen LogP contribution in [0.1, 0.15) is 24.8 Å². The number of thioether (sulfide) groups is 1. The Bertz CT molecular complexity index is 602. The summed E-state index contributed by atoms with van der Waals surface area (Å²) in [6.07, 6.45) is 3.76. The van der Waals surface area contributed by atoms with Crippen LogP contribution in [0.25, 0.3) is 0 Å². The van der Waals surface area contributed by atoms with Gasteiger partial charge in [0.2, 0.25) is 5.91 Å². The van der Waals surface area contributed by atoms with Crippen molar-refractivity contribution in [2.24, 2.45) is 0 Å². The standard InChI is InChI=1S/C16H19ClN2OS2/c1-11-5-6-12(9-13(11)17)19-15(20)14(22-16(19)21)10-18-7-3-2-4-8-18/h5-6,9,14H,2-4,7-8,10H2,1H3. The molecule has 2 fully saturated rings. The van der Waals surface area contributed by atoms with Gasteiger partial charge in [-0.15, -0.1) is 0 Å². The van der Waals surface area contributed by atoms with E-state index in [4.69, 9.17) is 23.8 Å². The number of carbonyl (C=O) groups is 1. The zero-order valence-electron chi connectivity index (χ0n) is 12.5. The smallest absolute Gasteiger partial charge is 0.247 e. The molecule has 0 spiro atoms. The largest absolute Gasteiger partial charge is 0.302 e. The quantitative estimate of drug-likeness (QED) is 0.769. The Morgan fingerprint density at radius 3 is 2.73 bits per heavy atom. The van der Waals surface area contributed by atoms with Crippen molar-refractivity contribution in [1.29, 1.82) is 0 Å². The van der Waals surface area contributed by atoms with Gasteiger partial charge >= 0.3 is 0 Å². The minimum atomic E-state index is -0.0920. The molecule has 0 N–H and O–H groups in total. The number of hydrogen-bond acceptors (Lipinski definition) is 4. The van der Waals surface area contributed by atoms with Crippen LogP contribution in [-0.2, 0) is 4.79 Å². The minimum Gasteiger partial charge on any atom is -0.302 e. The van der Waals surface area contributed by atoms with E-state index in [1.54, 1.807) is 4.90 Å². The van der Waals surface area contributed by atoms with Crippen molar-refractivity contribution in [1.82, 2.24) is 4.90 Å². The number of amides is 1. The number of aryl methyl sites for hydroxylation is 1. The maximum atomic E-state index is 12.7. The molecule has 1 aromatic carbocycles. The molecule has 118 valence electrons. The number of thiocarbonyl (C=S) groups is 1. The molecule has 0 aromatic heterocycles. The van der Waals surface area contributed by atoms with Crippen molar-refractivity contribution in [3.05, 3.63) is 28.8 Å². The normalized spacial score (nSPS) is 23.4. The SMILES string of the molecule is Cc1ccc(N2C(=O)C(CN3CCCCC3)SC2=S)cc1Cl. The molecule has 1 amide bonds. The Hall–Kier alpha value is -0.620. The zero-order chi connectivity index (χ0) is 15.7. The molecule has 2 saturated heterocycles. The van der Waals surface area contributed by atoms with Gasteiger partial charge in [-0.1, -0.05) is 48.1 Å². The van der Waals surface area contributed by atoms with Crippen molar-refractivity contribution < 1.29 is 4.79 Å². The Morgan fingerprint density at radius 2 is 2.05 bits per heavy atom. The van der Waals surface area contributed by atoms with Crippen LogP contribution in [0.3, 0.4) is 0 Å². The van der Waals surface area contributed by atoms with Gasteiger partial charge < -0.3 is 4.90 Å². The maximum absolute atomic E-state index is 12.7. The molecule has 1 atom stereocenters. The molecule has 1 unspecified atom stereocenters. The monoisotopic (exact) mass is 354 g/mol. The summed E-state index contributed by atoms with van der Waals surface area (Å²) in [5, 5.41) is 0.572. The van der Waals surface area contributed by atoms with E-state index in [9.17, 15) is 4.79 Å². The van der Waals surface area contributed by atoms with Crippen LogP contribution in [0.4, 0.5) is 5.69 Å². The molecule has 3 nitrogen and oxygen atoms in total. The van der Waals surface area contributed by atoms with E-state index >= 15 is 0 Å². The lowest BCUT2D eigenvalue weighted by atomic mass is 10.1. The predicted octanol–water partition coefficient (Wildman–Crippen LogP) is 3.87. The summed E-state index contributed by atoms with van der Waals surface area (Å²) in [5.74, 6) is 0.0838. The summed E-state index contributed by atoms with van der Waals surface area (Å²) in [4.78, 5) is 16.8. The fourth-order valence-corrected chi connectivity index (χ4v) is 4.66. The predicted molar refractivity (Wildman–Crippen MR) is 97.9 cm³/mol. The third-order valence-corrected chi connectivity index (χ3v) is 6.11. The number of benzene rings is 1. The van der Waals surface area contributed by atoms with Gasteiger partial charge in [-0.3, -0.25) is 9.69 Å². The number of nitrogens with zero attached hydrogens (tertiary/aromatic N) is 2. The molecular formula is C16H19ClN2OS2. The van der Waals surface area contributed by atoms with Gasteiger partial charge in [-0.05, 0) is 50.6 Å². The van der Waals surface area contributed by atoms with E-state index in [0.29, 0.717) is 9.34 Å². The Labute approximate surface area is 146 Å². The third-order valence-electron chi connectivity index (χ3n) is 4.21. The van der Waals surface area contributed by atoms with Gasteiger partial charge in [-0.25, -0.2) is 0 Å². The van der Waals surface area contributed by atoms with E-state index in [0.717, 1.165) is 30.9 Å². The molecule has 22 heavy (non-hydrogen) atoms.